The minimum atomic E-state index is -1.70. The molecule has 0 unspecified atom stereocenters. The van der Waals surface area contributed by atoms with Crippen LogP contribution in [0.3, 0.4) is 0 Å². The van der Waals surface area contributed by atoms with E-state index in [0.29, 0.717) is 19.3 Å². The fourth-order valence-electron chi connectivity index (χ4n) is 5.34. The molecule has 0 aliphatic heterocycles. The van der Waals surface area contributed by atoms with Gasteiger partial charge in [0, 0.05) is 45.6 Å². The standard InChI is InChI=1S/C36H55N7O17/c1-4-26(45)20(37-3)7-5-6-18-38-27(46)13-8-22(33(53)54)40-29(48)15-10-24(35(57)58)42-31(50)17-12-25(36(59)60)43-30(49)16-11-23(34(55)56)41-28(47)14-9-21(32(51)52)39-19(2)44/h4,20-25,37H,1,5-18H2,2-3H3,(H,38,46)(H,39,44)(H,40,48)(H,41,47)(H,42,50)(H,43,49)(H,51,52)(H,53,54)(H,55,56)(H,57,58)(H,59,60)/t20-,21-,22-,23-,24-,25-/m0/s1. The number of hydrogen-bond donors (Lipinski definition) is 12. The van der Waals surface area contributed by atoms with Gasteiger partial charge in [-0.3, -0.25) is 33.6 Å². The number of hydrogen-bond acceptors (Lipinski definition) is 13. The number of carbonyl (C=O) groups is 12. The average molecular weight is 858 g/mol. The van der Waals surface area contributed by atoms with Crippen molar-refractivity contribution in [1.29, 1.82) is 0 Å². The molecule has 336 valence electrons. The Kier molecular flexibility index (Phi) is 25.8. The number of ketones is 1. The molecule has 12 N–H and O–H groups in total. The maximum atomic E-state index is 12.5. The third-order valence-corrected chi connectivity index (χ3v) is 8.64. The van der Waals surface area contributed by atoms with Crippen molar-refractivity contribution in [2.24, 2.45) is 0 Å². The monoisotopic (exact) mass is 857 g/mol. The lowest BCUT2D eigenvalue weighted by atomic mass is 10.1. The average Bonchev–Trinajstić information content (AvgIpc) is 3.16. The van der Waals surface area contributed by atoms with Crippen molar-refractivity contribution < 1.29 is 83.1 Å². The normalized spacial score (nSPS) is 13.6. The van der Waals surface area contributed by atoms with Gasteiger partial charge in [-0.1, -0.05) is 6.58 Å². The van der Waals surface area contributed by atoms with Crippen molar-refractivity contribution in [3.05, 3.63) is 12.7 Å². The van der Waals surface area contributed by atoms with Crippen LogP contribution in [0.5, 0.6) is 0 Å². The van der Waals surface area contributed by atoms with E-state index in [-0.39, 0.29) is 31.6 Å². The number of carboxylic acids is 5. The van der Waals surface area contributed by atoms with Gasteiger partial charge in [-0.25, -0.2) is 24.0 Å². The Balaban J connectivity index is 4.93. The number of carbonyl (C=O) groups excluding carboxylic acids is 7. The fraction of sp³-hybridized carbons (Fsp3) is 0.611. The second-order valence-corrected chi connectivity index (χ2v) is 13.4. The highest BCUT2D eigenvalue weighted by Crippen LogP contribution is 2.08. The summed E-state index contributed by atoms with van der Waals surface area (Å²) in [5, 5.41) is 63.2. The lowest BCUT2D eigenvalue weighted by molar-refractivity contribution is -0.144. The van der Waals surface area contributed by atoms with Crippen LogP contribution in [-0.4, -0.2) is 146 Å². The molecule has 0 rings (SSSR count). The number of carboxylic acid groups (broad SMARTS) is 5. The molecule has 0 spiro atoms. The summed E-state index contributed by atoms with van der Waals surface area (Å²) in [6, 6.07) is -8.32. The van der Waals surface area contributed by atoms with E-state index in [4.69, 9.17) is 5.11 Å². The molecule has 0 aromatic rings. The van der Waals surface area contributed by atoms with Crippen molar-refractivity contribution in [1.82, 2.24) is 37.2 Å². The van der Waals surface area contributed by atoms with E-state index in [1.54, 1.807) is 7.05 Å². The predicted octanol–water partition coefficient (Wildman–Crippen LogP) is -2.62. The Bertz CT molecular complexity index is 1590. The molecule has 0 bridgehead atoms. The zero-order valence-corrected chi connectivity index (χ0v) is 33.3. The van der Waals surface area contributed by atoms with Crippen molar-refractivity contribution in [3.63, 3.8) is 0 Å². The summed E-state index contributed by atoms with van der Waals surface area (Å²) in [6.45, 7) is 4.76. The predicted molar refractivity (Wildman–Crippen MR) is 205 cm³/mol. The first-order valence-electron chi connectivity index (χ1n) is 18.8. The van der Waals surface area contributed by atoms with Crippen molar-refractivity contribution in [2.45, 2.75) is 127 Å². The number of nitrogens with one attached hydrogen (secondary N) is 7. The molecular formula is C36H55N7O17. The van der Waals surface area contributed by atoms with Crippen LogP contribution in [0.25, 0.3) is 0 Å². The van der Waals surface area contributed by atoms with Crippen LogP contribution in [0.2, 0.25) is 0 Å². The summed E-state index contributed by atoms with van der Waals surface area (Å²) >= 11 is 0. The van der Waals surface area contributed by atoms with E-state index in [2.05, 4.69) is 43.8 Å². The molecule has 0 radical (unpaired) electrons. The second kappa shape index (κ2) is 28.9. The molecule has 60 heavy (non-hydrogen) atoms. The van der Waals surface area contributed by atoms with Crippen molar-refractivity contribution in [3.8, 4) is 0 Å². The third kappa shape index (κ3) is 23.7. The molecule has 6 amide bonds. The SMILES string of the molecule is C=CC(=O)[C@H](CCCCNC(=O)CC[C@H](NC(=O)CC[C@H](NC(=O)CC[C@H](NC(=O)CC[C@H](NC(=O)CC[C@H](NC(C)=O)C(=O)O)C(=O)O)C(=O)O)C(=O)O)C(=O)O)NC. The zero-order chi connectivity index (χ0) is 45.9. The lowest BCUT2D eigenvalue weighted by Gasteiger charge is -2.19. The van der Waals surface area contributed by atoms with Crippen LogP contribution in [0.4, 0.5) is 0 Å². The second-order valence-electron chi connectivity index (χ2n) is 13.4. The quantitative estimate of drug-likeness (QED) is 0.0237. The van der Waals surface area contributed by atoms with Gasteiger partial charge in [0.15, 0.2) is 5.78 Å². The molecule has 0 fully saturated rings. The van der Waals surface area contributed by atoms with Crippen LogP contribution < -0.4 is 37.2 Å². The number of rotatable bonds is 33. The van der Waals surface area contributed by atoms with E-state index < -0.39 is 146 Å². The van der Waals surface area contributed by atoms with Gasteiger partial charge in [-0.15, -0.1) is 0 Å². The topological polar surface area (TPSA) is 390 Å². The number of aliphatic carboxylic acids is 5. The Labute approximate surface area is 344 Å². The van der Waals surface area contributed by atoms with Gasteiger partial charge < -0.3 is 62.8 Å². The Morgan fingerprint density at radius 3 is 1.02 bits per heavy atom. The summed E-state index contributed by atoms with van der Waals surface area (Å²) in [4.78, 5) is 143. The molecule has 0 heterocycles. The molecule has 0 aromatic heterocycles. The van der Waals surface area contributed by atoms with Gasteiger partial charge in [-0.2, -0.15) is 0 Å². The minimum absolute atomic E-state index is 0.159. The molecule has 6 atom stereocenters. The van der Waals surface area contributed by atoms with Gasteiger partial charge in [0.25, 0.3) is 0 Å². The highest BCUT2D eigenvalue weighted by atomic mass is 16.4. The summed E-state index contributed by atoms with van der Waals surface area (Å²) in [7, 11) is 1.64. The van der Waals surface area contributed by atoms with Gasteiger partial charge >= 0.3 is 29.8 Å². The van der Waals surface area contributed by atoms with E-state index in [1.807, 2.05) is 0 Å². The van der Waals surface area contributed by atoms with Crippen molar-refractivity contribution in [2.75, 3.05) is 13.6 Å². The summed E-state index contributed by atoms with van der Waals surface area (Å²) in [5.41, 5.74) is 0. The van der Waals surface area contributed by atoms with Crippen LogP contribution in [-0.2, 0) is 57.5 Å². The van der Waals surface area contributed by atoms with E-state index in [9.17, 15) is 78.0 Å². The van der Waals surface area contributed by atoms with E-state index in [0.717, 1.165) is 6.92 Å². The Hall–Kier alpha value is -6.46. The van der Waals surface area contributed by atoms with Gasteiger partial charge in [-0.05, 0) is 64.5 Å². The summed E-state index contributed by atoms with van der Waals surface area (Å²) in [6.07, 6.45) is -1.96. The largest absolute Gasteiger partial charge is 0.480 e. The number of amides is 6. The third-order valence-electron chi connectivity index (χ3n) is 8.64. The highest BCUT2D eigenvalue weighted by molar-refractivity contribution is 5.93. The molecule has 0 aromatic carbocycles. The molecule has 0 aliphatic rings. The zero-order valence-electron chi connectivity index (χ0n) is 33.3. The first-order chi connectivity index (χ1) is 28.1. The lowest BCUT2D eigenvalue weighted by Crippen LogP contribution is -2.46. The molecule has 24 nitrogen and oxygen atoms in total. The smallest absolute Gasteiger partial charge is 0.326 e. The summed E-state index contributed by atoms with van der Waals surface area (Å²) < 4.78 is 0. The first kappa shape index (κ1) is 53.5. The van der Waals surface area contributed by atoms with Crippen LogP contribution in [0.1, 0.15) is 90.4 Å². The maximum absolute atomic E-state index is 12.5. The van der Waals surface area contributed by atoms with Gasteiger partial charge in [0.1, 0.15) is 30.2 Å². The molecule has 24 heteroatoms. The highest BCUT2D eigenvalue weighted by Gasteiger charge is 2.28. The number of unbranched alkanes of at least 4 members (excludes halogenated alkanes) is 1. The first-order valence-corrected chi connectivity index (χ1v) is 18.8. The number of likely N-dealkylation sites (N-methyl/N-ethyl adjacent to an activating group) is 1. The molecule has 0 aliphatic carbocycles. The minimum Gasteiger partial charge on any atom is -0.480 e. The molecular weight excluding hydrogens is 802 g/mol. The van der Waals surface area contributed by atoms with E-state index >= 15 is 0 Å². The molecule has 0 saturated heterocycles. The van der Waals surface area contributed by atoms with Crippen molar-refractivity contribution >= 4 is 71.1 Å². The summed E-state index contributed by atoms with van der Waals surface area (Å²) in [5.74, 6) is -12.7. The van der Waals surface area contributed by atoms with Crippen LogP contribution in [0.15, 0.2) is 12.7 Å². The van der Waals surface area contributed by atoms with Gasteiger partial charge in [0.05, 0.1) is 6.04 Å². The fourth-order valence-corrected chi connectivity index (χ4v) is 5.34. The Morgan fingerprint density at radius 1 is 0.450 bits per heavy atom. The van der Waals surface area contributed by atoms with E-state index in [1.165, 1.54) is 6.08 Å². The Morgan fingerprint density at radius 2 is 0.750 bits per heavy atom. The molecule has 0 saturated carbocycles. The maximum Gasteiger partial charge on any atom is 0.326 e. The van der Waals surface area contributed by atoms with Gasteiger partial charge in [0.2, 0.25) is 35.4 Å². The van der Waals surface area contributed by atoms with Crippen LogP contribution in [0, 0.1) is 0 Å². The van der Waals surface area contributed by atoms with Crippen LogP contribution >= 0.6 is 0 Å².